The Morgan fingerprint density at radius 2 is 2.17 bits per heavy atom. The van der Waals surface area contributed by atoms with E-state index in [0.717, 1.165) is 12.1 Å². The largest absolute Gasteiger partial charge is 0.382 e. The molecule has 0 aliphatic rings. The fourth-order valence-electron chi connectivity index (χ4n) is 1.36. The normalized spacial score (nSPS) is 11.3. The number of rotatable bonds is 6. The minimum absolute atomic E-state index is 0.134. The maximum absolute atomic E-state index is 13.4. The molecule has 100 valence electrons. The highest BCUT2D eigenvalue weighted by molar-refractivity contribution is 5.52. The van der Waals surface area contributed by atoms with Crippen molar-refractivity contribution in [2.24, 2.45) is 0 Å². The van der Waals surface area contributed by atoms with Crippen molar-refractivity contribution in [3.63, 3.8) is 0 Å². The highest BCUT2D eigenvalue weighted by Crippen LogP contribution is 2.22. The quantitative estimate of drug-likeness (QED) is 0.627. The standard InChI is InChI=1S/C12H17FN2O3/c1-12(2,18-3)6-7-14-11-8-9(15(16)17)4-5-10(11)13/h4-5,8,14H,6-7H2,1-3H3. The number of anilines is 1. The third-order valence-corrected chi connectivity index (χ3v) is 2.76. The van der Waals surface area contributed by atoms with Crippen LogP contribution in [0.2, 0.25) is 0 Å². The highest BCUT2D eigenvalue weighted by Gasteiger charge is 2.16. The van der Waals surface area contributed by atoms with Crippen LogP contribution >= 0.6 is 0 Å². The van der Waals surface area contributed by atoms with Crippen molar-refractivity contribution in [1.82, 2.24) is 0 Å². The Labute approximate surface area is 105 Å². The van der Waals surface area contributed by atoms with Crippen LogP contribution in [-0.4, -0.2) is 24.2 Å². The highest BCUT2D eigenvalue weighted by atomic mass is 19.1. The fourth-order valence-corrected chi connectivity index (χ4v) is 1.36. The van der Waals surface area contributed by atoms with Gasteiger partial charge < -0.3 is 10.1 Å². The van der Waals surface area contributed by atoms with Gasteiger partial charge in [0, 0.05) is 25.8 Å². The number of nitro benzene ring substituents is 1. The van der Waals surface area contributed by atoms with Crippen LogP contribution in [-0.2, 0) is 4.74 Å². The number of nitro groups is 1. The van der Waals surface area contributed by atoms with E-state index in [1.807, 2.05) is 13.8 Å². The topological polar surface area (TPSA) is 64.4 Å². The molecule has 0 aliphatic carbocycles. The molecule has 0 fully saturated rings. The second kappa shape index (κ2) is 5.77. The van der Waals surface area contributed by atoms with Crippen molar-refractivity contribution in [2.75, 3.05) is 19.0 Å². The van der Waals surface area contributed by atoms with Gasteiger partial charge in [-0.25, -0.2) is 4.39 Å². The smallest absolute Gasteiger partial charge is 0.271 e. The third kappa shape index (κ3) is 3.96. The van der Waals surface area contributed by atoms with Crippen LogP contribution in [0.4, 0.5) is 15.8 Å². The lowest BCUT2D eigenvalue weighted by Gasteiger charge is -2.23. The number of benzene rings is 1. The monoisotopic (exact) mass is 256 g/mol. The number of nitrogens with zero attached hydrogens (tertiary/aromatic N) is 1. The predicted molar refractivity (Wildman–Crippen MR) is 67.2 cm³/mol. The van der Waals surface area contributed by atoms with Crippen molar-refractivity contribution < 1.29 is 14.1 Å². The number of methoxy groups -OCH3 is 1. The summed E-state index contributed by atoms with van der Waals surface area (Å²) in [6.45, 7) is 4.30. The summed E-state index contributed by atoms with van der Waals surface area (Å²) in [5.41, 5.74) is -0.314. The Morgan fingerprint density at radius 3 is 2.72 bits per heavy atom. The molecule has 5 nitrogen and oxygen atoms in total. The van der Waals surface area contributed by atoms with Crippen LogP contribution in [0.3, 0.4) is 0 Å². The molecule has 0 spiro atoms. The van der Waals surface area contributed by atoms with Crippen LogP contribution in [0, 0.1) is 15.9 Å². The molecule has 1 aromatic rings. The first-order valence-corrected chi connectivity index (χ1v) is 5.59. The zero-order valence-electron chi connectivity index (χ0n) is 10.7. The van der Waals surface area contributed by atoms with Crippen LogP contribution in [0.15, 0.2) is 18.2 Å². The molecule has 0 bridgehead atoms. The van der Waals surface area contributed by atoms with E-state index in [9.17, 15) is 14.5 Å². The second-order valence-electron chi connectivity index (χ2n) is 4.56. The van der Waals surface area contributed by atoms with Gasteiger partial charge >= 0.3 is 0 Å². The zero-order chi connectivity index (χ0) is 13.8. The van der Waals surface area contributed by atoms with Gasteiger partial charge in [-0.15, -0.1) is 0 Å². The zero-order valence-corrected chi connectivity index (χ0v) is 10.7. The van der Waals surface area contributed by atoms with Crippen molar-refractivity contribution in [3.8, 4) is 0 Å². The molecule has 6 heteroatoms. The molecule has 18 heavy (non-hydrogen) atoms. The van der Waals surface area contributed by atoms with Gasteiger partial charge in [-0.3, -0.25) is 10.1 Å². The average molecular weight is 256 g/mol. The molecular formula is C12H17FN2O3. The number of hydrogen-bond donors (Lipinski definition) is 1. The van der Waals surface area contributed by atoms with E-state index < -0.39 is 10.7 Å². The summed E-state index contributed by atoms with van der Waals surface area (Å²) in [7, 11) is 1.61. The Bertz CT molecular complexity index is 435. The molecule has 0 saturated heterocycles. The van der Waals surface area contributed by atoms with Gasteiger partial charge in [-0.1, -0.05) is 0 Å². The van der Waals surface area contributed by atoms with E-state index in [2.05, 4.69) is 5.32 Å². The third-order valence-electron chi connectivity index (χ3n) is 2.76. The summed E-state index contributed by atoms with van der Waals surface area (Å²) in [4.78, 5) is 10.0. The Hall–Kier alpha value is -1.69. The summed E-state index contributed by atoms with van der Waals surface area (Å²) >= 11 is 0. The summed E-state index contributed by atoms with van der Waals surface area (Å²) in [6, 6.07) is 3.41. The molecule has 1 rings (SSSR count). The van der Waals surface area contributed by atoms with Gasteiger partial charge in [-0.2, -0.15) is 0 Å². The maximum Gasteiger partial charge on any atom is 0.271 e. The molecule has 0 heterocycles. The molecule has 0 aliphatic heterocycles. The van der Waals surface area contributed by atoms with E-state index in [1.165, 1.54) is 6.07 Å². The van der Waals surface area contributed by atoms with Crippen LogP contribution in [0.25, 0.3) is 0 Å². The minimum atomic E-state index is -0.552. The molecule has 1 N–H and O–H groups in total. The van der Waals surface area contributed by atoms with Crippen molar-refractivity contribution >= 4 is 11.4 Å². The van der Waals surface area contributed by atoms with E-state index in [1.54, 1.807) is 7.11 Å². The number of nitrogens with one attached hydrogen (secondary N) is 1. The second-order valence-corrected chi connectivity index (χ2v) is 4.56. The van der Waals surface area contributed by atoms with Gasteiger partial charge in [0.1, 0.15) is 5.82 Å². The molecule has 0 unspecified atom stereocenters. The minimum Gasteiger partial charge on any atom is -0.382 e. The molecule has 0 aromatic heterocycles. The summed E-state index contributed by atoms with van der Waals surface area (Å²) < 4.78 is 18.6. The van der Waals surface area contributed by atoms with Crippen LogP contribution in [0.1, 0.15) is 20.3 Å². The number of non-ortho nitro benzene ring substituents is 1. The lowest BCUT2D eigenvalue weighted by molar-refractivity contribution is -0.384. The Morgan fingerprint density at radius 1 is 1.50 bits per heavy atom. The summed E-state index contributed by atoms with van der Waals surface area (Å²) in [5, 5.41) is 13.4. The maximum atomic E-state index is 13.4. The molecule has 0 saturated carbocycles. The van der Waals surface area contributed by atoms with Gasteiger partial charge in [0.05, 0.1) is 16.2 Å². The number of ether oxygens (including phenoxy) is 1. The lowest BCUT2D eigenvalue weighted by Crippen LogP contribution is -2.25. The van der Waals surface area contributed by atoms with Gasteiger partial charge in [0.2, 0.25) is 0 Å². The van der Waals surface area contributed by atoms with E-state index in [0.29, 0.717) is 13.0 Å². The molecule has 0 atom stereocenters. The van der Waals surface area contributed by atoms with E-state index in [-0.39, 0.29) is 17.0 Å². The Kier molecular flexibility index (Phi) is 4.61. The summed E-state index contributed by atoms with van der Waals surface area (Å²) in [6.07, 6.45) is 0.658. The van der Waals surface area contributed by atoms with Gasteiger partial charge in [0.25, 0.3) is 5.69 Å². The first-order chi connectivity index (χ1) is 8.35. The number of halogens is 1. The fraction of sp³-hybridized carbons (Fsp3) is 0.500. The van der Waals surface area contributed by atoms with Crippen molar-refractivity contribution in [3.05, 3.63) is 34.1 Å². The van der Waals surface area contributed by atoms with Crippen LogP contribution in [0.5, 0.6) is 0 Å². The molecule has 0 amide bonds. The van der Waals surface area contributed by atoms with E-state index in [4.69, 9.17) is 4.74 Å². The average Bonchev–Trinajstić information content (AvgIpc) is 2.31. The van der Waals surface area contributed by atoms with Crippen LogP contribution < -0.4 is 5.32 Å². The van der Waals surface area contributed by atoms with E-state index >= 15 is 0 Å². The number of hydrogen-bond acceptors (Lipinski definition) is 4. The van der Waals surface area contributed by atoms with Crippen molar-refractivity contribution in [1.29, 1.82) is 0 Å². The Balaban J connectivity index is 2.67. The van der Waals surface area contributed by atoms with Gasteiger partial charge in [-0.05, 0) is 26.3 Å². The van der Waals surface area contributed by atoms with Gasteiger partial charge in [0.15, 0.2) is 0 Å². The SMILES string of the molecule is COC(C)(C)CCNc1cc([N+](=O)[O-])ccc1F. The first-order valence-electron chi connectivity index (χ1n) is 5.59. The summed E-state index contributed by atoms with van der Waals surface area (Å²) in [5.74, 6) is -0.504. The lowest BCUT2D eigenvalue weighted by atomic mass is 10.1. The predicted octanol–water partition coefficient (Wildman–Crippen LogP) is 2.96. The first kappa shape index (κ1) is 14.4. The molecule has 1 aromatic carbocycles. The van der Waals surface area contributed by atoms with Crippen molar-refractivity contribution in [2.45, 2.75) is 25.9 Å². The molecular weight excluding hydrogens is 239 g/mol. The molecule has 0 radical (unpaired) electrons.